The molecule has 0 saturated carbocycles. The van der Waals surface area contributed by atoms with Gasteiger partial charge in [0.1, 0.15) is 0 Å². The first kappa shape index (κ1) is 15.8. The summed E-state index contributed by atoms with van der Waals surface area (Å²) in [6, 6.07) is 4.43. The van der Waals surface area contributed by atoms with E-state index in [1.54, 1.807) is 13.0 Å². The smallest absolute Gasteiger partial charge is 0.335 e. The van der Waals surface area contributed by atoms with Gasteiger partial charge in [0, 0.05) is 16.8 Å². The minimum absolute atomic E-state index is 0.0666. The molecule has 1 aliphatic rings. The number of carbonyl (C=O) groups excluding carboxylic acids is 1. The van der Waals surface area contributed by atoms with E-state index in [-0.39, 0.29) is 16.7 Å². The molecular weight excluding hydrogens is 286 g/mol. The highest BCUT2D eigenvalue weighted by atomic mass is 16.4. The fraction of sp³-hybridized carbons (Fsp3) is 0.312. The molecule has 1 amide bonds. The van der Waals surface area contributed by atoms with Gasteiger partial charge in [-0.1, -0.05) is 6.07 Å². The lowest BCUT2D eigenvalue weighted by molar-refractivity contribution is -0.133. The third-order valence-electron chi connectivity index (χ3n) is 3.73. The molecule has 0 aromatic heterocycles. The molecule has 6 nitrogen and oxygen atoms in total. The zero-order chi connectivity index (χ0) is 16.3. The van der Waals surface area contributed by atoms with Gasteiger partial charge < -0.3 is 15.5 Å². The number of carboxylic acid groups (broad SMARTS) is 2. The van der Waals surface area contributed by atoms with Gasteiger partial charge in [0.2, 0.25) is 0 Å². The number of hydrogen-bond donors (Lipinski definition) is 3. The number of nitrogens with one attached hydrogen (secondary N) is 1. The molecule has 0 bridgehead atoms. The summed E-state index contributed by atoms with van der Waals surface area (Å²) in [4.78, 5) is 34.5. The van der Waals surface area contributed by atoms with Crippen LogP contribution in [0.5, 0.6) is 0 Å². The zero-order valence-electron chi connectivity index (χ0n) is 12.2. The maximum absolute atomic E-state index is 12.3. The minimum atomic E-state index is -1.08. The van der Waals surface area contributed by atoms with Crippen LogP contribution in [0.4, 0.5) is 5.69 Å². The molecular formula is C16H17NO5. The van der Waals surface area contributed by atoms with Gasteiger partial charge in [-0.2, -0.15) is 0 Å². The van der Waals surface area contributed by atoms with Gasteiger partial charge in [0.05, 0.1) is 5.56 Å². The van der Waals surface area contributed by atoms with Gasteiger partial charge in [-0.25, -0.2) is 9.59 Å². The van der Waals surface area contributed by atoms with Crippen molar-refractivity contribution in [1.29, 1.82) is 0 Å². The average molecular weight is 303 g/mol. The second-order valence-electron chi connectivity index (χ2n) is 5.26. The highest BCUT2D eigenvalue weighted by Gasteiger charge is 2.24. The molecule has 2 rings (SSSR count). The van der Waals surface area contributed by atoms with E-state index >= 15 is 0 Å². The molecule has 6 heteroatoms. The van der Waals surface area contributed by atoms with Crippen LogP contribution in [0.2, 0.25) is 0 Å². The predicted molar refractivity (Wildman–Crippen MR) is 79.9 cm³/mol. The molecule has 0 atom stereocenters. The van der Waals surface area contributed by atoms with E-state index < -0.39 is 17.8 Å². The monoisotopic (exact) mass is 303 g/mol. The van der Waals surface area contributed by atoms with E-state index in [0.29, 0.717) is 24.1 Å². The second-order valence-corrected chi connectivity index (χ2v) is 5.26. The summed E-state index contributed by atoms with van der Waals surface area (Å²) in [6.07, 6.45) is 2.33. The number of hydrogen-bond acceptors (Lipinski definition) is 3. The number of carbonyl (C=O) groups is 3. The molecule has 0 saturated heterocycles. The SMILES string of the molecule is Cc1ccc(C(=O)O)cc1NC(=O)C1=C(C(=O)O)CCCC1. The van der Waals surface area contributed by atoms with Crippen LogP contribution < -0.4 is 5.32 Å². The van der Waals surface area contributed by atoms with E-state index in [4.69, 9.17) is 5.11 Å². The molecule has 1 aliphatic carbocycles. The van der Waals surface area contributed by atoms with Gasteiger partial charge in [-0.15, -0.1) is 0 Å². The fourth-order valence-corrected chi connectivity index (χ4v) is 2.48. The van der Waals surface area contributed by atoms with Crippen LogP contribution in [0.15, 0.2) is 29.3 Å². The van der Waals surface area contributed by atoms with Gasteiger partial charge in [-0.3, -0.25) is 4.79 Å². The van der Waals surface area contributed by atoms with E-state index in [9.17, 15) is 19.5 Å². The Morgan fingerprint density at radius 3 is 2.23 bits per heavy atom. The molecule has 1 aromatic rings. The molecule has 0 unspecified atom stereocenters. The van der Waals surface area contributed by atoms with Crippen molar-refractivity contribution in [1.82, 2.24) is 0 Å². The summed E-state index contributed by atoms with van der Waals surface area (Å²) in [5.74, 6) is -2.62. The third-order valence-corrected chi connectivity index (χ3v) is 3.73. The van der Waals surface area contributed by atoms with Crippen molar-refractivity contribution < 1.29 is 24.6 Å². The molecule has 3 N–H and O–H groups in total. The van der Waals surface area contributed by atoms with Crippen LogP contribution in [0.25, 0.3) is 0 Å². The van der Waals surface area contributed by atoms with Gasteiger partial charge in [0.15, 0.2) is 0 Å². The largest absolute Gasteiger partial charge is 0.478 e. The zero-order valence-corrected chi connectivity index (χ0v) is 12.2. The van der Waals surface area contributed by atoms with E-state index in [2.05, 4.69) is 5.32 Å². The third kappa shape index (κ3) is 3.33. The van der Waals surface area contributed by atoms with Gasteiger partial charge >= 0.3 is 11.9 Å². The summed E-state index contributed by atoms with van der Waals surface area (Å²) < 4.78 is 0. The number of aryl methyl sites for hydroxylation is 1. The number of benzene rings is 1. The molecule has 1 aromatic carbocycles. The number of aromatic carboxylic acids is 1. The summed E-state index contributed by atoms with van der Waals surface area (Å²) in [7, 11) is 0. The van der Waals surface area contributed by atoms with Gasteiger partial charge in [0.25, 0.3) is 5.91 Å². The molecule has 22 heavy (non-hydrogen) atoms. The number of anilines is 1. The van der Waals surface area contributed by atoms with Crippen LogP contribution in [0, 0.1) is 6.92 Å². The lowest BCUT2D eigenvalue weighted by Crippen LogP contribution is -2.21. The van der Waals surface area contributed by atoms with Crippen molar-refractivity contribution in [2.75, 3.05) is 5.32 Å². The number of amides is 1. The first-order chi connectivity index (χ1) is 10.4. The Bertz CT molecular complexity index is 675. The minimum Gasteiger partial charge on any atom is -0.478 e. The highest BCUT2D eigenvalue weighted by Crippen LogP contribution is 2.27. The molecule has 0 spiro atoms. The molecule has 116 valence electrons. The van der Waals surface area contributed by atoms with Crippen LogP contribution in [0.1, 0.15) is 41.6 Å². The van der Waals surface area contributed by atoms with Crippen LogP contribution in [-0.4, -0.2) is 28.1 Å². The average Bonchev–Trinajstić information content (AvgIpc) is 2.49. The van der Waals surface area contributed by atoms with Crippen LogP contribution in [-0.2, 0) is 9.59 Å². The van der Waals surface area contributed by atoms with Crippen LogP contribution >= 0.6 is 0 Å². The van der Waals surface area contributed by atoms with Crippen LogP contribution in [0.3, 0.4) is 0 Å². The maximum Gasteiger partial charge on any atom is 0.335 e. The van der Waals surface area contributed by atoms with E-state index in [1.165, 1.54) is 12.1 Å². The van der Waals surface area contributed by atoms with Crippen molar-refractivity contribution in [2.45, 2.75) is 32.6 Å². The Morgan fingerprint density at radius 2 is 1.64 bits per heavy atom. The summed E-state index contributed by atoms with van der Waals surface area (Å²) in [6.45, 7) is 1.74. The Kier molecular flexibility index (Phi) is 4.60. The maximum atomic E-state index is 12.3. The normalized spacial score (nSPS) is 14.6. The van der Waals surface area contributed by atoms with E-state index in [0.717, 1.165) is 12.8 Å². The highest BCUT2D eigenvalue weighted by molar-refractivity contribution is 6.09. The van der Waals surface area contributed by atoms with Crippen molar-refractivity contribution in [3.8, 4) is 0 Å². The van der Waals surface area contributed by atoms with Crippen molar-refractivity contribution in [2.24, 2.45) is 0 Å². The van der Waals surface area contributed by atoms with Crippen molar-refractivity contribution in [3.63, 3.8) is 0 Å². The topological polar surface area (TPSA) is 104 Å². The summed E-state index contributed by atoms with van der Waals surface area (Å²) in [5, 5.41) is 20.8. The lowest BCUT2D eigenvalue weighted by atomic mass is 9.91. The second kappa shape index (κ2) is 6.43. The number of aliphatic carboxylic acids is 1. The van der Waals surface area contributed by atoms with Crippen molar-refractivity contribution in [3.05, 3.63) is 40.5 Å². The molecule has 0 aliphatic heterocycles. The molecule has 0 heterocycles. The number of carboxylic acids is 2. The Hall–Kier alpha value is -2.63. The molecule has 0 radical (unpaired) electrons. The fourth-order valence-electron chi connectivity index (χ4n) is 2.48. The molecule has 0 fully saturated rings. The number of rotatable bonds is 4. The first-order valence-electron chi connectivity index (χ1n) is 7.00. The standard InChI is InChI=1S/C16H17NO5/c1-9-6-7-10(15(19)20)8-13(9)17-14(18)11-4-2-3-5-12(11)16(21)22/h6-8H,2-5H2,1H3,(H,17,18)(H,19,20)(H,21,22). The van der Waals surface area contributed by atoms with Crippen molar-refractivity contribution >= 4 is 23.5 Å². The Balaban J connectivity index is 2.30. The summed E-state index contributed by atoms with van der Waals surface area (Å²) >= 11 is 0. The predicted octanol–water partition coefficient (Wildman–Crippen LogP) is 2.59. The van der Waals surface area contributed by atoms with E-state index in [1.807, 2.05) is 0 Å². The Labute approximate surface area is 127 Å². The first-order valence-corrected chi connectivity index (χ1v) is 7.00. The van der Waals surface area contributed by atoms with Gasteiger partial charge in [-0.05, 0) is 50.3 Å². The quantitative estimate of drug-likeness (QED) is 0.793. The lowest BCUT2D eigenvalue weighted by Gasteiger charge is -2.18. The Morgan fingerprint density at radius 1 is 1.00 bits per heavy atom. The summed E-state index contributed by atoms with van der Waals surface area (Å²) in [5.41, 5.74) is 1.59.